The van der Waals surface area contributed by atoms with E-state index in [0.29, 0.717) is 5.69 Å². The molecule has 0 spiro atoms. The average Bonchev–Trinajstić information content (AvgIpc) is 2.39. The number of halogens is 1. The highest BCUT2D eigenvalue weighted by Gasteiger charge is 2.21. The molecule has 0 saturated heterocycles. The summed E-state index contributed by atoms with van der Waals surface area (Å²) in [5.74, 6) is -0.188. The number of pyridine rings is 1. The molecular weight excluding hydrogens is 269 g/mol. The molecule has 2 aromatic rings. The van der Waals surface area contributed by atoms with Gasteiger partial charge in [-0.1, -0.05) is 0 Å². The predicted molar refractivity (Wildman–Crippen MR) is 70.6 cm³/mol. The van der Waals surface area contributed by atoms with Crippen LogP contribution in [-0.4, -0.2) is 20.4 Å². The molecule has 5 nitrogen and oxygen atoms in total. The zero-order chi connectivity index (χ0) is 14.0. The maximum Gasteiger partial charge on any atom is 0.265 e. The van der Waals surface area contributed by atoms with Gasteiger partial charge in [0.25, 0.3) is 10.0 Å². The normalized spacial score (nSPS) is 11.3. The number of hydrogen-bond donors (Lipinski definition) is 1. The van der Waals surface area contributed by atoms with E-state index in [1.165, 1.54) is 49.6 Å². The van der Waals surface area contributed by atoms with E-state index in [0.717, 1.165) is 4.31 Å². The molecule has 1 heterocycles. The Hall–Kier alpha value is -2.15. The standard InChI is InChI=1S/C12H12FN3O2S/c1-16(10-4-2-9(13)3-5-10)19(17,18)11-6-7-12(14)15-8-11/h2-8H,1H3,(H2,14,15). The van der Waals surface area contributed by atoms with Gasteiger partial charge in [-0.05, 0) is 36.4 Å². The van der Waals surface area contributed by atoms with Gasteiger partial charge in [-0.2, -0.15) is 0 Å². The number of aromatic nitrogens is 1. The van der Waals surface area contributed by atoms with Gasteiger partial charge in [0, 0.05) is 13.2 Å². The summed E-state index contributed by atoms with van der Waals surface area (Å²) in [6.07, 6.45) is 1.19. The molecule has 0 aliphatic carbocycles. The summed E-state index contributed by atoms with van der Waals surface area (Å²) in [5.41, 5.74) is 5.77. The van der Waals surface area contributed by atoms with Crippen molar-refractivity contribution in [2.75, 3.05) is 17.1 Å². The molecule has 0 atom stereocenters. The summed E-state index contributed by atoms with van der Waals surface area (Å²) in [7, 11) is -2.34. The number of hydrogen-bond acceptors (Lipinski definition) is 4. The lowest BCUT2D eigenvalue weighted by atomic mass is 10.3. The van der Waals surface area contributed by atoms with E-state index < -0.39 is 15.8 Å². The van der Waals surface area contributed by atoms with Gasteiger partial charge in [-0.15, -0.1) is 0 Å². The molecular formula is C12H12FN3O2S. The van der Waals surface area contributed by atoms with Gasteiger partial charge < -0.3 is 5.73 Å². The smallest absolute Gasteiger partial charge is 0.265 e. The van der Waals surface area contributed by atoms with Crippen LogP contribution in [0.1, 0.15) is 0 Å². The van der Waals surface area contributed by atoms with Crippen molar-refractivity contribution in [2.24, 2.45) is 0 Å². The fraction of sp³-hybridized carbons (Fsp3) is 0.0833. The maximum absolute atomic E-state index is 12.8. The van der Waals surface area contributed by atoms with Crippen LogP contribution in [0.3, 0.4) is 0 Å². The van der Waals surface area contributed by atoms with E-state index in [1.807, 2.05) is 0 Å². The van der Waals surface area contributed by atoms with Crippen LogP contribution in [0.5, 0.6) is 0 Å². The summed E-state index contributed by atoms with van der Waals surface area (Å²) < 4.78 is 38.4. The molecule has 0 unspecified atom stereocenters. The average molecular weight is 281 g/mol. The van der Waals surface area contributed by atoms with Crippen molar-refractivity contribution >= 4 is 21.5 Å². The second kappa shape index (κ2) is 4.85. The van der Waals surface area contributed by atoms with Crippen molar-refractivity contribution in [1.82, 2.24) is 4.98 Å². The summed E-state index contributed by atoms with van der Waals surface area (Å²) in [5, 5.41) is 0. The van der Waals surface area contributed by atoms with Crippen LogP contribution in [0.15, 0.2) is 47.5 Å². The summed E-state index contributed by atoms with van der Waals surface area (Å²) in [6, 6.07) is 7.95. The van der Waals surface area contributed by atoms with Crippen molar-refractivity contribution in [2.45, 2.75) is 4.90 Å². The third kappa shape index (κ3) is 2.65. The maximum atomic E-state index is 12.8. The lowest BCUT2D eigenvalue weighted by Gasteiger charge is -2.19. The minimum absolute atomic E-state index is 0.0218. The van der Waals surface area contributed by atoms with E-state index in [4.69, 9.17) is 5.73 Å². The molecule has 1 aromatic heterocycles. The SMILES string of the molecule is CN(c1ccc(F)cc1)S(=O)(=O)c1ccc(N)nc1. The number of rotatable bonds is 3. The van der Waals surface area contributed by atoms with Crippen molar-refractivity contribution in [3.63, 3.8) is 0 Å². The Morgan fingerprint density at radius 2 is 1.79 bits per heavy atom. The van der Waals surface area contributed by atoms with Crippen molar-refractivity contribution in [3.8, 4) is 0 Å². The van der Waals surface area contributed by atoms with Gasteiger partial charge in [0.05, 0.1) is 5.69 Å². The first kappa shape index (κ1) is 13.3. The molecule has 7 heteroatoms. The highest BCUT2D eigenvalue weighted by Crippen LogP contribution is 2.21. The van der Waals surface area contributed by atoms with Crippen LogP contribution in [0, 0.1) is 5.82 Å². The van der Waals surface area contributed by atoms with Crippen LogP contribution in [0.2, 0.25) is 0 Å². The molecule has 0 aliphatic rings. The first-order valence-electron chi connectivity index (χ1n) is 5.37. The fourth-order valence-electron chi connectivity index (χ4n) is 1.49. The molecule has 0 saturated carbocycles. The highest BCUT2D eigenvalue weighted by molar-refractivity contribution is 7.92. The number of benzene rings is 1. The van der Waals surface area contributed by atoms with Gasteiger partial charge in [0.15, 0.2) is 0 Å². The van der Waals surface area contributed by atoms with E-state index in [2.05, 4.69) is 4.98 Å². The minimum atomic E-state index is -3.73. The zero-order valence-electron chi connectivity index (χ0n) is 10.1. The number of sulfonamides is 1. The van der Waals surface area contributed by atoms with Crippen molar-refractivity contribution in [3.05, 3.63) is 48.4 Å². The van der Waals surface area contributed by atoms with Gasteiger partial charge >= 0.3 is 0 Å². The van der Waals surface area contributed by atoms with E-state index in [1.54, 1.807) is 0 Å². The Bertz CT molecular complexity index is 669. The second-order valence-electron chi connectivity index (χ2n) is 3.87. The van der Waals surface area contributed by atoms with Crippen LogP contribution >= 0.6 is 0 Å². The summed E-state index contributed by atoms with van der Waals surface area (Å²) >= 11 is 0. The number of nitrogens with two attached hydrogens (primary N) is 1. The molecule has 2 N–H and O–H groups in total. The Morgan fingerprint density at radius 1 is 1.16 bits per heavy atom. The van der Waals surface area contributed by atoms with E-state index in [-0.39, 0.29) is 10.7 Å². The zero-order valence-corrected chi connectivity index (χ0v) is 10.9. The first-order valence-corrected chi connectivity index (χ1v) is 6.81. The lowest BCUT2D eigenvalue weighted by molar-refractivity contribution is 0.593. The Labute approximate surface area is 110 Å². The molecule has 0 radical (unpaired) electrons. The summed E-state index contributed by atoms with van der Waals surface area (Å²) in [4.78, 5) is 3.77. The summed E-state index contributed by atoms with van der Waals surface area (Å²) in [6.45, 7) is 0. The Balaban J connectivity index is 2.39. The molecule has 0 amide bonds. The quantitative estimate of drug-likeness (QED) is 0.927. The Kier molecular flexibility index (Phi) is 3.39. The van der Waals surface area contributed by atoms with Gasteiger partial charge in [-0.3, -0.25) is 4.31 Å². The van der Waals surface area contributed by atoms with Crippen LogP contribution in [0.4, 0.5) is 15.9 Å². The number of anilines is 2. The third-order valence-electron chi connectivity index (χ3n) is 2.61. The minimum Gasteiger partial charge on any atom is -0.384 e. The van der Waals surface area contributed by atoms with Crippen molar-refractivity contribution < 1.29 is 12.8 Å². The number of nitrogens with zero attached hydrogens (tertiary/aromatic N) is 2. The van der Waals surface area contributed by atoms with Crippen LogP contribution in [-0.2, 0) is 10.0 Å². The van der Waals surface area contributed by atoms with E-state index in [9.17, 15) is 12.8 Å². The molecule has 0 fully saturated rings. The monoisotopic (exact) mass is 281 g/mol. The molecule has 19 heavy (non-hydrogen) atoms. The van der Waals surface area contributed by atoms with Gasteiger partial charge in [-0.25, -0.2) is 17.8 Å². The molecule has 2 rings (SSSR count). The Morgan fingerprint density at radius 3 is 2.32 bits per heavy atom. The molecule has 0 bridgehead atoms. The predicted octanol–water partition coefficient (Wildman–Crippen LogP) is 1.63. The van der Waals surface area contributed by atoms with E-state index >= 15 is 0 Å². The fourth-order valence-corrected chi connectivity index (χ4v) is 2.63. The second-order valence-corrected chi connectivity index (χ2v) is 5.84. The number of nitrogen functional groups attached to an aromatic ring is 1. The first-order chi connectivity index (χ1) is 8.91. The van der Waals surface area contributed by atoms with Gasteiger partial charge in [0.2, 0.25) is 0 Å². The molecule has 0 aliphatic heterocycles. The van der Waals surface area contributed by atoms with Crippen LogP contribution < -0.4 is 10.0 Å². The van der Waals surface area contributed by atoms with Crippen molar-refractivity contribution in [1.29, 1.82) is 0 Å². The largest absolute Gasteiger partial charge is 0.384 e. The van der Waals surface area contributed by atoms with Gasteiger partial charge in [0.1, 0.15) is 16.5 Å². The highest BCUT2D eigenvalue weighted by atomic mass is 32.2. The third-order valence-corrected chi connectivity index (χ3v) is 4.38. The lowest BCUT2D eigenvalue weighted by Crippen LogP contribution is -2.26. The molecule has 100 valence electrons. The molecule has 1 aromatic carbocycles. The van der Waals surface area contributed by atoms with Crippen LogP contribution in [0.25, 0.3) is 0 Å². The topological polar surface area (TPSA) is 76.3 Å².